The zero-order valence-electron chi connectivity index (χ0n) is 15.6. The van der Waals surface area contributed by atoms with Crippen molar-refractivity contribution in [1.29, 1.82) is 0 Å². The van der Waals surface area contributed by atoms with Crippen LogP contribution in [-0.4, -0.2) is 27.9 Å². The summed E-state index contributed by atoms with van der Waals surface area (Å²) in [7, 11) is 0. The summed E-state index contributed by atoms with van der Waals surface area (Å²) in [5, 5.41) is 8.73. The molecule has 0 saturated carbocycles. The number of carboxylic acid groups (broad SMARTS) is 1. The van der Waals surface area contributed by atoms with Crippen molar-refractivity contribution in [2.75, 3.05) is 5.75 Å². The monoisotopic (exact) mass is 356 g/mol. The number of ketones is 1. The van der Waals surface area contributed by atoms with Crippen LogP contribution in [0.1, 0.15) is 90.9 Å². The third kappa shape index (κ3) is 14.8. The fourth-order valence-corrected chi connectivity index (χ4v) is 3.65. The molecule has 0 aliphatic rings. The summed E-state index contributed by atoms with van der Waals surface area (Å²) < 4.78 is 0. The highest BCUT2D eigenvalue weighted by Gasteiger charge is 2.16. The predicted octanol–water partition coefficient (Wildman–Crippen LogP) is 6.02. The van der Waals surface area contributed by atoms with Gasteiger partial charge in [0.25, 0.3) is 0 Å². The second-order valence-corrected chi connectivity index (χ2v) is 7.76. The zero-order chi connectivity index (χ0) is 18.0. The highest BCUT2D eigenvalue weighted by atomic mass is 32.2. The Morgan fingerprint density at radius 3 is 2.33 bits per heavy atom. The summed E-state index contributed by atoms with van der Waals surface area (Å²) >= 11 is 1.79. The molecule has 0 fully saturated rings. The molecular weight excluding hydrogens is 320 g/mol. The van der Waals surface area contributed by atoms with E-state index in [1.54, 1.807) is 11.8 Å². The maximum Gasteiger partial charge on any atom is 0.303 e. The van der Waals surface area contributed by atoms with Gasteiger partial charge in [-0.15, -0.1) is 0 Å². The van der Waals surface area contributed by atoms with Crippen molar-refractivity contribution in [3.8, 4) is 0 Å². The van der Waals surface area contributed by atoms with Gasteiger partial charge in [-0.2, -0.15) is 11.8 Å². The van der Waals surface area contributed by atoms with Crippen molar-refractivity contribution >= 4 is 23.5 Å². The van der Waals surface area contributed by atoms with Gasteiger partial charge in [0.2, 0.25) is 0 Å². The molecule has 0 aliphatic heterocycles. The van der Waals surface area contributed by atoms with Crippen LogP contribution in [-0.2, 0) is 9.59 Å². The van der Waals surface area contributed by atoms with Gasteiger partial charge in [0.1, 0.15) is 5.78 Å². The minimum atomic E-state index is -0.697. The normalized spacial score (nSPS) is 12.6. The van der Waals surface area contributed by atoms with Crippen molar-refractivity contribution in [2.45, 2.75) is 96.1 Å². The number of hydrogen-bond acceptors (Lipinski definition) is 3. The van der Waals surface area contributed by atoms with E-state index in [2.05, 4.69) is 19.9 Å². The molecule has 140 valence electrons. The number of aliphatic carboxylic acids is 1. The Morgan fingerprint density at radius 2 is 1.67 bits per heavy atom. The molecule has 0 amide bonds. The van der Waals surface area contributed by atoms with Crippen LogP contribution < -0.4 is 0 Å². The van der Waals surface area contributed by atoms with Gasteiger partial charge in [-0.25, -0.2) is 0 Å². The second-order valence-electron chi connectivity index (χ2n) is 6.28. The number of rotatable bonds is 17. The maximum absolute atomic E-state index is 12.3. The van der Waals surface area contributed by atoms with Crippen LogP contribution in [0.2, 0.25) is 0 Å². The Hall–Kier alpha value is -0.770. The SMILES string of the molecule is CCCCCC(SCC)C(=O)C/C=C\CCCCCCCC(=O)O. The smallest absolute Gasteiger partial charge is 0.303 e. The highest BCUT2D eigenvalue weighted by molar-refractivity contribution is 8.00. The van der Waals surface area contributed by atoms with Crippen LogP contribution in [0.15, 0.2) is 12.2 Å². The van der Waals surface area contributed by atoms with E-state index in [1.807, 2.05) is 6.08 Å². The summed E-state index contributed by atoms with van der Waals surface area (Å²) in [6, 6.07) is 0. The molecule has 0 heterocycles. The van der Waals surface area contributed by atoms with Crippen LogP contribution >= 0.6 is 11.8 Å². The lowest BCUT2D eigenvalue weighted by Gasteiger charge is -2.13. The molecule has 0 aromatic heterocycles. The molecule has 24 heavy (non-hydrogen) atoms. The first-order valence-corrected chi connectivity index (χ1v) is 10.7. The van der Waals surface area contributed by atoms with E-state index in [1.165, 1.54) is 12.8 Å². The fraction of sp³-hybridized carbons (Fsp3) is 0.800. The molecule has 0 bridgehead atoms. The molecule has 3 nitrogen and oxygen atoms in total. The zero-order valence-corrected chi connectivity index (χ0v) is 16.4. The number of carbonyl (C=O) groups excluding carboxylic acids is 1. The third-order valence-electron chi connectivity index (χ3n) is 4.04. The van der Waals surface area contributed by atoms with Crippen molar-refractivity contribution in [2.24, 2.45) is 0 Å². The number of carbonyl (C=O) groups is 2. The Labute approximate surface area is 152 Å². The van der Waals surface area contributed by atoms with Gasteiger partial charge in [0.05, 0.1) is 5.25 Å². The van der Waals surface area contributed by atoms with E-state index in [0.29, 0.717) is 12.2 Å². The highest BCUT2D eigenvalue weighted by Crippen LogP contribution is 2.20. The molecule has 1 atom stereocenters. The summed E-state index contributed by atoms with van der Waals surface area (Å²) in [5.41, 5.74) is 0. The lowest BCUT2D eigenvalue weighted by atomic mass is 10.1. The van der Waals surface area contributed by atoms with Crippen molar-refractivity contribution in [3.63, 3.8) is 0 Å². The molecule has 0 rings (SSSR count). The van der Waals surface area contributed by atoms with E-state index >= 15 is 0 Å². The molecule has 0 aromatic rings. The Kier molecular flexibility index (Phi) is 16.5. The van der Waals surface area contributed by atoms with E-state index < -0.39 is 5.97 Å². The minimum absolute atomic E-state index is 0.181. The lowest BCUT2D eigenvalue weighted by molar-refractivity contribution is -0.137. The number of allylic oxidation sites excluding steroid dienone is 2. The molecule has 0 radical (unpaired) electrons. The molecule has 0 aliphatic carbocycles. The van der Waals surface area contributed by atoms with Gasteiger partial charge in [-0.1, -0.05) is 64.5 Å². The molecular formula is C20H36O3S. The number of hydrogen-bond donors (Lipinski definition) is 1. The second kappa shape index (κ2) is 17.1. The Bertz CT molecular complexity index is 353. The summed E-state index contributed by atoms with van der Waals surface area (Å²) in [4.78, 5) is 22.7. The van der Waals surface area contributed by atoms with Crippen LogP contribution in [0.3, 0.4) is 0 Å². The van der Waals surface area contributed by atoms with Crippen molar-refractivity contribution in [3.05, 3.63) is 12.2 Å². The van der Waals surface area contributed by atoms with Gasteiger partial charge in [0.15, 0.2) is 0 Å². The van der Waals surface area contributed by atoms with Gasteiger partial charge in [0, 0.05) is 12.8 Å². The van der Waals surface area contributed by atoms with Crippen LogP contribution in [0, 0.1) is 0 Å². The van der Waals surface area contributed by atoms with Crippen molar-refractivity contribution in [1.82, 2.24) is 0 Å². The van der Waals surface area contributed by atoms with E-state index in [-0.39, 0.29) is 11.7 Å². The average molecular weight is 357 g/mol. The van der Waals surface area contributed by atoms with Gasteiger partial charge in [-0.05, 0) is 31.4 Å². The van der Waals surface area contributed by atoms with Gasteiger partial charge < -0.3 is 5.11 Å². The predicted molar refractivity (Wildman–Crippen MR) is 105 cm³/mol. The molecule has 1 unspecified atom stereocenters. The molecule has 0 aromatic carbocycles. The first-order valence-electron chi connectivity index (χ1n) is 9.62. The number of carboxylic acids is 1. The summed E-state index contributed by atoms with van der Waals surface area (Å²) in [5.74, 6) is 0.688. The van der Waals surface area contributed by atoms with Crippen LogP contribution in [0.4, 0.5) is 0 Å². The van der Waals surface area contributed by atoms with Crippen molar-refractivity contribution < 1.29 is 14.7 Å². The average Bonchev–Trinajstić information content (AvgIpc) is 2.55. The maximum atomic E-state index is 12.3. The molecule has 4 heteroatoms. The number of thioether (sulfide) groups is 1. The van der Waals surface area contributed by atoms with Crippen LogP contribution in [0.25, 0.3) is 0 Å². The summed E-state index contributed by atoms with van der Waals surface area (Å²) in [6.45, 7) is 4.32. The first-order chi connectivity index (χ1) is 11.6. The molecule has 0 spiro atoms. The quantitative estimate of drug-likeness (QED) is 0.256. The van der Waals surface area contributed by atoms with Gasteiger partial charge >= 0.3 is 5.97 Å². The topological polar surface area (TPSA) is 54.4 Å². The third-order valence-corrected chi connectivity index (χ3v) is 5.28. The van der Waals surface area contributed by atoms with E-state index in [4.69, 9.17) is 5.11 Å². The molecule has 1 N–H and O–H groups in total. The van der Waals surface area contributed by atoms with E-state index in [9.17, 15) is 9.59 Å². The van der Waals surface area contributed by atoms with Gasteiger partial charge in [-0.3, -0.25) is 9.59 Å². The summed E-state index contributed by atoms with van der Waals surface area (Å²) in [6.07, 6.45) is 15.8. The van der Waals surface area contributed by atoms with Crippen LogP contribution in [0.5, 0.6) is 0 Å². The van der Waals surface area contributed by atoms with E-state index in [0.717, 1.165) is 57.1 Å². The minimum Gasteiger partial charge on any atom is -0.481 e. The number of Topliss-reactive ketones (excluding diaryl/α,β-unsaturated/α-hetero) is 1. The Morgan fingerprint density at radius 1 is 0.958 bits per heavy atom. The fourth-order valence-electron chi connectivity index (χ4n) is 2.64. The molecule has 0 saturated heterocycles. The lowest BCUT2D eigenvalue weighted by Crippen LogP contribution is -2.16. The largest absolute Gasteiger partial charge is 0.481 e. The standard InChI is InChI=1S/C20H36O3S/c1-3-5-12-16-19(24-4-2)18(21)15-13-10-8-6-7-9-11-14-17-20(22)23/h10,13,19H,3-9,11-12,14-17H2,1-2H3,(H,22,23)/b13-10-. The number of unbranched alkanes of at least 4 members (excludes halogenated alkanes) is 7. The Balaban J connectivity index is 3.71. The first kappa shape index (κ1) is 23.2.